The number of carbonyl (C=O) groups excluding carboxylic acids is 2. The number of hydrogen-bond donors (Lipinski definition) is 4. The molecule has 1 amide bonds. The average molecular weight is 537 g/mol. The Morgan fingerprint density at radius 3 is 2.32 bits per heavy atom. The molecule has 0 bridgehead atoms. The molecule has 0 saturated heterocycles. The quantitative estimate of drug-likeness (QED) is 0.279. The fourth-order valence-electron chi connectivity index (χ4n) is 4.77. The SMILES string of the molecule is CC(=O)c1ccc(S(=O)(=O)NC[C@@H](O)C[C@@H](Cc2ccccc2)C(=O)N[C@H]2c3ccccc3C[C@H]2O)cc1. The van der Waals surface area contributed by atoms with Gasteiger partial charge in [-0.3, -0.25) is 9.59 Å². The highest BCUT2D eigenvalue weighted by molar-refractivity contribution is 7.89. The zero-order chi connectivity index (χ0) is 27.3. The maximum absolute atomic E-state index is 13.4. The van der Waals surface area contributed by atoms with Crippen molar-refractivity contribution in [1.29, 1.82) is 0 Å². The molecular weight excluding hydrogens is 504 g/mol. The van der Waals surface area contributed by atoms with Gasteiger partial charge in [0.15, 0.2) is 5.78 Å². The van der Waals surface area contributed by atoms with Crippen LogP contribution < -0.4 is 10.0 Å². The number of aliphatic hydroxyl groups excluding tert-OH is 2. The van der Waals surface area contributed by atoms with Crippen LogP contribution in [0.5, 0.6) is 0 Å². The molecule has 38 heavy (non-hydrogen) atoms. The molecule has 9 heteroatoms. The summed E-state index contributed by atoms with van der Waals surface area (Å²) in [5, 5.41) is 24.3. The van der Waals surface area contributed by atoms with Crippen LogP contribution in [0.3, 0.4) is 0 Å². The second kappa shape index (κ2) is 12.0. The number of rotatable bonds is 11. The Morgan fingerprint density at radius 1 is 0.974 bits per heavy atom. The minimum Gasteiger partial charge on any atom is -0.392 e. The lowest BCUT2D eigenvalue weighted by Crippen LogP contribution is -2.41. The Balaban J connectivity index is 1.44. The molecule has 0 heterocycles. The summed E-state index contributed by atoms with van der Waals surface area (Å²) in [6, 6.07) is 21.9. The number of sulfonamides is 1. The van der Waals surface area contributed by atoms with E-state index in [1.165, 1.54) is 31.2 Å². The summed E-state index contributed by atoms with van der Waals surface area (Å²) >= 11 is 0. The molecule has 4 N–H and O–H groups in total. The first-order valence-electron chi connectivity index (χ1n) is 12.5. The maximum atomic E-state index is 13.4. The van der Waals surface area contributed by atoms with Gasteiger partial charge in [-0.1, -0.05) is 66.7 Å². The lowest BCUT2D eigenvalue weighted by molar-refractivity contribution is -0.127. The van der Waals surface area contributed by atoms with Crippen molar-refractivity contribution in [3.63, 3.8) is 0 Å². The predicted octanol–water partition coefficient (Wildman–Crippen LogP) is 2.55. The number of Topliss-reactive ketones (excluding diaryl/α,β-unsaturated/α-hetero) is 1. The number of hydrogen-bond acceptors (Lipinski definition) is 6. The Kier molecular flexibility index (Phi) is 8.73. The molecule has 0 unspecified atom stereocenters. The van der Waals surface area contributed by atoms with E-state index in [0.29, 0.717) is 18.4 Å². The third-order valence-electron chi connectivity index (χ3n) is 6.83. The van der Waals surface area contributed by atoms with E-state index in [9.17, 15) is 28.2 Å². The van der Waals surface area contributed by atoms with E-state index in [1.54, 1.807) is 0 Å². The van der Waals surface area contributed by atoms with Gasteiger partial charge >= 0.3 is 0 Å². The first-order valence-corrected chi connectivity index (χ1v) is 14.0. The van der Waals surface area contributed by atoms with E-state index in [1.807, 2.05) is 54.6 Å². The number of ketones is 1. The van der Waals surface area contributed by atoms with Crippen LogP contribution in [0, 0.1) is 5.92 Å². The standard InChI is InChI=1S/C29H32N2O6S/c1-19(32)21-11-13-25(14-12-21)38(36,37)30-18-24(33)16-23(15-20-7-3-2-4-8-20)29(35)31-28-26-10-6-5-9-22(26)17-27(28)34/h2-14,23-24,27-28,30,33-34H,15-18H2,1H3,(H,31,35)/t23-,24+,27-,28+/m1/s1. The molecule has 1 aliphatic rings. The van der Waals surface area contributed by atoms with Crippen LogP contribution in [0.15, 0.2) is 83.8 Å². The van der Waals surface area contributed by atoms with Gasteiger partial charge in [-0.15, -0.1) is 0 Å². The second-order valence-corrected chi connectivity index (χ2v) is 11.4. The number of aliphatic hydroxyl groups is 2. The predicted molar refractivity (Wildman–Crippen MR) is 143 cm³/mol. The maximum Gasteiger partial charge on any atom is 0.240 e. The first kappa shape index (κ1) is 27.7. The monoisotopic (exact) mass is 536 g/mol. The van der Waals surface area contributed by atoms with Crippen molar-refractivity contribution in [2.75, 3.05) is 6.54 Å². The summed E-state index contributed by atoms with van der Waals surface area (Å²) < 4.78 is 27.8. The molecule has 0 radical (unpaired) electrons. The van der Waals surface area contributed by atoms with Gasteiger partial charge in [0.25, 0.3) is 0 Å². The topological polar surface area (TPSA) is 133 Å². The number of carbonyl (C=O) groups is 2. The first-order chi connectivity index (χ1) is 18.1. The van der Waals surface area contributed by atoms with Crippen molar-refractivity contribution >= 4 is 21.7 Å². The Labute approximate surface area is 222 Å². The van der Waals surface area contributed by atoms with Crippen LogP contribution in [0.25, 0.3) is 0 Å². The largest absolute Gasteiger partial charge is 0.392 e. The van der Waals surface area contributed by atoms with Crippen molar-refractivity contribution in [3.8, 4) is 0 Å². The zero-order valence-electron chi connectivity index (χ0n) is 21.1. The van der Waals surface area contributed by atoms with Gasteiger partial charge in [0.05, 0.1) is 23.1 Å². The summed E-state index contributed by atoms with van der Waals surface area (Å²) in [4.78, 5) is 24.8. The second-order valence-electron chi connectivity index (χ2n) is 9.67. The van der Waals surface area contributed by atoms with Gasteiger partial charge in [-0.05, 0) is 48.6 Å². The van der Waals surface area contributed by atoms with E-state index in [4.69, 9.17) is 0 Å². The van der Waals surface area contributed by atoms with Gasteiger partial charge in [0.2, 0.25) is 15.9 Å². The molecule has 0 aliphatic heterocycles. The molecule has 4 atom stereocenters. The number of benzene rings is 3. The molecule has 4 rings (SSSR count). The van der Waals surface area contributed by atoms with Crippen LogP contribution >= 0.6 is 0 Å². The van der Waals surface area contributed by atoms with Crippen molar-refractivity contribution in [2.45, 2.75) is 49.3 Å². The molecule has 200 valence electrons. The Hall–Kier alpha value is -3.37. The van der Waals surface area contributed by atoms with Crippen molar-refractivity contribution < 1.29 is 28.2 Å². The normalized spacial score (nSPS) is 18.4. The van der Waals surface area contributed by atoms with Crippen LogP contribution in [0.1, 0.15) is 46.4 Å². The van der Waals surface area contributed by atoms with Crippen LogP contribution in [0.4, 0.5) is 0 Å². The van der Waals surface area contributed by atoms with Gasteiger partial charge in [-0.25, -0.2) is 13.1 Å². The van der Waals surface area contributed by atoms with E-state index in [2.05, 4.69) is 10.0 Å². The minimum atomic E-state index is -3.93. The number of amides is 1. The smallest absolute Gasteiger partial charge is 0.240 e. The van der Waals surface area contributed by atoms with Crippen LogP contribution in [-0.2, 0) is 27.7 Å². The van der Waals surface area contributed by atoms with Crippen molar-refractivity contribution in [2.24, 2.45) is 5.92 Å². The lowest BCUT2D eigenvalue weighted by Gasteiger charge is -2.24. The number of fused-ring (bicyclic) bond motifs is 1. The average Bonchev–Trinajstić information content (AvgIpc) is 3.22. The van der Waals surface area contributed by atoms with E-state index >= 15 is 0 Å². The summed E-state index contributed by atoms with van der Waals surface area (Å²) in [6.45, 7) is 1.11. The lowest BCUT2D eigenvalue weighted by atomic mass is 9.92. The third kappa shape index (κ3) is 6.73. The van der Waals surface area contributed by atoms with E-state index in [-0.39, 0.29) is 29.6 Å². The molecule has 3 aromatic carbocycles. The van der Waals surface area contributed by atoms with Crippen molar-refractivity contribution in [1.82, 2.24) is 10.0 Å². The highest BCUT2D eigenvalue weighted by Crippen LogP contribution is 2.32. The summed E-state index contributed by atoms with van der Waals surface area (Å²) in [7, 11) is -3.93. The van der Waals surface area contributed by atoms with Crippen LogP contribution in [0.2, 0.25) is 0 Å². The molecule has 0 fully saturated rings. The van der Waals surface area contributed by atoms with E-state index in [0.717, 1.165) is 16.7 Å². The summed E-state index contributed by atoms with van der Waals surface area (Å²) in [5.74, 6) is -1.16. The molecule has 0 spiro atoms. The number of nitrogens with one attached hydrogen (secondary N) is 2. The van der Waals surface area contributed by atoms with Crippen molar-refractivity contribution in [3.05, 3.63) is 101 Å². The highest BCUT2D eigenvalue weighted by atomic mass is 32.2. The van der Waals surface area contributed by atoms with Gasteiger partial charge in [0, 0.05) is 24.4 Å². The molecule has 3 aromatic rings. The van der Waals surface area contributed by atoms with E-state index < -0.39 is 34.2 Å². The summed E-state index contributed by atoms with van der Waals surface area (Å²) in [5.41, 5.74) is 3.15. The zero-order valence-corrected chi connectivity index (χ0v) is 21.9. The van der Waals surface area contributed by atoms with Gasteiger partial charge in [0.1, 0.15) is 0 Å². The van der Waals surface area contributed by atoms with Gasteiger partial charge in [-0.2, -0.15) is 0 Å². The fourth-order valence-corrected chi connectivity index (χ4v) is 5.84. The van der Waals surface area contributed by atoms with Crippen LogP contribution in [-0.4, -0.2) is 49.1 Å². The highest BCUT2D eigenvalue weighted by Gasteiger charge is 2.34. The molecule has 8 nitrogen and oxygen atoms in total. The van der Waals surface area contributed by atoms with Gasteiger partial charge < -0.3 is 15.5 Å². The molecule has 0 saturated carbocycles. The Morgan fingerprint density at radius 2 is 1.63 bits per heavy atom. The molecular formula is C29H32N2O6S. The molecule has 1 aliphatic carbocycles. The Bertz CT molecular complexity index is 1380. The third-order valence-corrected chi connectivity index (χ3v) is 8.27. The fraction of sp³-hybridized carbons (Fsp3) is 0.310. The molecule has 0 aromatic heterocycles. The minimum absolute atomic E-state index is 0.0109. The summed E-state index contributed by atoms with van der Waals surface area (Å²) in [6.07, 6.45) is -1.09.